The molecule has 1 N–H and O–H groups in total. The molecule has 0 atom stereocenters. The van der Waals surface area contributed by atoms with Gasteiger partial charge in [-0.05, 0) is 0 Å². The Bertz CT molecular complexity index is 349. The molecule has 74 valence electrons. The van der Waals surface area contributed by atoms with Gasteiger partial charge in [-0.1, -0.05) is 0 Å². The van der Waals surface area contributed by atoms with Crippen molar-refractivity contribution in [3.05, 3.63) is 23.3 Å². The van der Waals surface area contributed by atoms with E-state index < -0.39 is 0 Å². The van der Waals surface area contributed by atoms with Gasteiger partial charge in [-0.15, -0.1) is 0 Å². The SMILES string of the molecule is c1nc(C2COC2)nc2c1CNCC2. The van der Waals surface area contributed by atoms with E-state index in [0.717, 1.165) is 38.5 Å². The number of hydrogen-bond acceptors (Lipinski definition) is 4. The van der Waals surface area contributed by atoms with Crippen LogP contribution in [0.4, 0.5) is 0 Å². The van der Waals surface area contributed by atoms with Crippen LogP contribution in [0.5, 0.6) is 0 Å². The molecule has 1 saturated heterocycles. The molecule has 1 fully saturated rings. The summed E-state index contributed by atoms with van der Waals surface area (Å²) in [6.45, 7) is 3.52. The number of nitrogens with zero attached hydrogens (tertiary/aromatic N) is 2. The molecule has 2 aliphatic rings. The van der Waals surface area contributed by atoms with Gasteiger partial charge in [0, 0.05) is 37.0 Å². The van der Waals surface area contributed by atoms with Crippen LogP contribution in [-0.2, 0) is 17.7 Å². The number of hydrogen-bond donors (Lipinski definition) is 1. The van der Waals surface area contributed by atoms with Crippen LogP contribution in [0.2, 0.25) is 0 Å². The van der Waals surface area contributed by atoms with Crippen LogP contribution >= 0.6 is 0 Å². The van der Waals surface area contributed by atoms with Gasteiger partial charge in [-0.25, -0.2) is 9.97 Å². The molecule has 4 heteroatoms. The molecule has 2 aliphatic heterocycles. The fraction of sp³-hybridized carbons (Fsp3) is 0.600. The number of fused-ring (bicyclic) bond motifs is 1. The van der Waals surface area contributed by atoms with Crippen molar-refractivity contribution in [3.8, 4) is 0 Å². The van der Waals surface area contributed by atoms with Gasteiger partial charge in [0.25, 0.3) is 0 Å². The van der Waals surface area contributed by atoms with Gasteiger partial charge >= 0.3 is 0 Å². The highest BCUT2D eigenvalue weighted by Gasteiger charge is 2.24. The third-order valence-electron chi connectivity index (χ3n) is 2.83. The molecule has 0 spiro atoms. The van der Waals surface area contributed by atoms with Gasteiger partial charge in [-0.2, -0.15) is 0 Å². The van der Waals surface area contributed by atoms with Crippen molar-refractivity contribution in [2.45, 2.75) is 18.9 Å². The fourth-order valence-corrected chi connectivity index (χ4v) is 1.83. The molecule has 1 aromatic rings. The molecule has 0 aromatic carbocycles. The summed E-state index contributed by atoms with van der Waals surface area (Å²) in [7, 11) is 0. The van der Waals surface area contributed by atoms with Crippen molar-refractivity contribution >= 4 is 0 Å². The predicted molar refractivity (Wildman–Crippen MR) is 51.0 cm³/mol. The minimum Gasteiger partial charge on any atom is -0.380 e. The van der Waals surface area contributed by atoms with Gasteiger partial charge in [0.1, 0.15) is 5.82 Å². The number of ether oxygens (including phenoxy) is 1. The van der Waals surface area contributed by atoms with Crippen molar-refractivity contribution in [3.63, 3.8) is 0 Å². The number of nitrogens with one attached hydrogen (secondary N) is 1. The summed E-state index contributed by atoms with van der Waals surface area (Å²) in [6, 6.07) is 0. The van der Waals surface area contributed by atoms with E-state index in [0.29, 0.717) is 5.92 Å². The molecular weight excluding hydrogens is 178 g/mol. The normalized spacial score (nSPS) is 21.4. The lowest BCUT2D eigenvalue weighted by Gasteiger charge is -2.25. The molecule has 3 rings (SSSR count). The zero-order valence-electron chi connectivity index (χ0n) is 7.99. The van der Waals surface area contributed by atoms with Gasteiger partial charge in [-0.3, -0.25) is 0 Å². The molecule has 14 heavy (non-hydrogen) atoms. The summed E-state index contributed by atoms with van der Waals surface area (Å²) in [5, 5.41) is 3.31. The summed E-state index contributed by atoms with van der Waals surface area (Å²) in [5.41, 5.74) is 2.47. The van der Waals surface area contributed by atoms with Crippen LogP contribution in [-0.4, -0.2) is 29.7 Å². The van der Waals surface area contributed by atoms with E-state index in [1.54, 1.807) is 0 Å². The highest BCUT2D eigenvalue weighted by molar-refractivity contribution is 5.21. The molecule has 0 radical (unpaired) electrons. The second-order valence-electron chi connectivity index (χ2n) is 3.86. The van der Waals surface area contributed by atoms with E-state index in [9.17, 15) is 0 Å². The van der Waals surface area contributed by atoms with E-state index in [1.807, 2.05) is 6.20 Å². The minimum atomic E-state index is 0.440. The van der Waals surface area contributed by atoms with Gasteiger partial charge < -0.3 is 10.1 Å². The maximum Gasteiger partial charge on any atom is 0.136 e. The summed E-state index contributed by atoms with van der Waals surface area (Å²) in [5.74, 6) is 1.41. The second-order valence-corrected chi connectivity index (χ2v) is 3.86. The van der Waals surface area contributed by atoms with Crippen LogP contribution in [0.15, 0.2) is 6.20 Å². The smallest absolute Gasteiger partial charge is 0.136 e. The van der Waals surface area contributed by atoms with E-state index in [-0.39, 0.29) is 0 Å². The molecule has 4 nitrogen and oxygen atoms in total. The summed E-state index contributed by atoms with van der Waals surface area (Å²) in [4.78, 5) is 8.99. The third kappa shape index (κ3) is 1.31. The Kier molecular flexibility index (Phi) is 1.96. The van der Waals surface area contributed by atoms with Crippen LogP contribution < -0.4 is 5.32 Å². The van der Waals surface area contributed by atoms with E-state index >= 15 is 0 Å². The molecule has 1 aromatic heterocycles. The van der Waals surface area contributed by atoms with Crippen molar-refractivity contribution in [1.82, 2.24) is 15.3 Å². The summed E-state index contributed by atoms with van der Waals surface area (Å²) in [6.07, 6.45) is 2.99. The molecule has 3 heterocycles. The maximum atomic E-state index is 5.14. The summed E-state index contributed by atoms with van der Waals surface area (Å²) >= 11 is 0. The average molecular weight is 191 g/mol. The third-order valence-corrected chi connectivity index (χ3v) is 2.83. The predicted octanol–water partition coefficient (Wildman–Crippen LogP) is 0.236. The van der Waals surface area contributed by atoms with E-state index in [2.05, 4.69) is 15.3 Å². The molecule has 0 saturated carbocycles. The molecule has 0 unspecified atom stereocenters. The zero-order valence-corrected chi connectivity index (χ0v) is 7.99. The van der Waals surface area contributed by atoms with Crippen molar-refractivity contribution in [2.24, 2.45) is 0 Å². The van der Waals surface area contributed by atoms with Gasteiger partial charge in [0.05, 0.1) is 19.1 Å². The van der Waals surface area contributed by atoms with Crippen LogP contribution in [0.3, 0.4) is 0 Å². The highest BCUT2D eigenvalue weighted by atomic mass is 16.5. The average Bonchev–Trinajstić information content (AvgIpc) is 2.15. The lowest BCUT2D eigenvalue weighted by atomic mass is 10.1. The monoisotopic (exact) mass is 191 g/mol. The van der Waals surface area contributed by atoms with Crippen LogP contribution in [0, 0.1) is 0 Å². The quantitative estimate of drug-likeness (QED) is 0.690. The first-order valence-electron chi connectivity index (χ1n) is 5.06. The molecular formula is C10H13N3O. The van der Waals surface area contributed by atoms with Crippen LogP contribution in [0.1, 0.15) is 23.0 Å². The Labute approximate surface area is 82.7 Å². The largest absolute Gasteiger partial charge is 0.380 e. The first-order valence-corrected chi connectivity index (χ1v) is 5.06. The standard InChI is InChI=1S/C10H13N3O/c1-2-11-3-7-4-12-10(13-9(1)7)8-5-14-6-8/h4,8,11H,1-3,5-6H2. The molecule has 0 amide bonds. The fourth-order valence-electron chi connectivity index (χ4n) is 1.83. The zero-order chi connectivity index (χ0) is 9.38. The lowest BCUT2D eigenvalue weighted by molar-refractivity contribution is 0.00472. The number of rotatable bonds is 1. The Morgan fingerprint density at radius 1 is 1.43 bits per heavy atom. The van der Waals surface area contributed by atoms with E-state index in [4.69, 9.17) is 4.74 Å². The second kappa shape index (κ2) is 3.29. The minimum absolute atomic E-state index is 0.440. The number of aromatic nitrogens is 2. The van der Waals surface area contributed by atoms with E-state index in [1.165, 1.54) is 11.3 Å². The Hall–Kier alpha value is -1.00. The summed E-state index contributed by atoms with van der Waals surface area (Å²) < 4.78 is 5.14. The first-order chi connectivity index (χ1) is 6.93. The first kappa shape index (κ1) is 8.32. The highest BCUT2D eigenvalue weighted by Crippen LogP contribution is 2.21. The Balaban J connectivity index is 1.92. The Morgan fingerprint density at radius 2 is 2.36 bits per heavy atom. The van der Waals surface area contributed by atoms with Crippen LogP contribution in [0.25, 0.3) is 0 Å². The molecule has 0 bridgehead atoms. The Morgan fingerprint density at radius 3 is 3.14 bits per heavy atom. The van der Waals surface area contributed by atoms with Crippen molar-refractivity contribution in [1.29, 1.82) is 0 Å². The van der Waals surface area contributed by atoms with Gasteiger partial charge in [0.15, 0.2) is 0 Å². The maximum absolute atomic E-state index is 5.14. The van der Waals surface area contributed by atoms with Gasteiger partial charge in [0.2, 0.25) is 0 Å². The van der Waals surface area contributed by atoms with Crippen molar-refractivity contribution in [2.75, 3.05) is 19.8 Å². The lowest BCUT2D eigenvalue weighted by Crippen LogP contribution is -2.30. The topological polar surface area (TPSA) is 47.0 Å². The molecule has 0 aliphatic carbocycles. The van der Waals surface area contributed by atoms with Crippen molar-refractivity contribution < 1.29 is 4.74 Å².